The highest BCUT2D eigenvalue weighted by Gasteiger charge is 2.32. The van der Waals surface area contributed by atoms with Gasteiger partial charge in [-0.15, -0.1) is 0 Å². The number of ether oxygens (including phenoxy) is 1. The lowest BCUT2D eigenvalue weighted by atomic mass is 9.81. The van der Waals surface area contributed by atoms with Gasteiger partial charge in [-0.25, -0.2) is 8.78 Å². The minimum atomic E-state index is -1.12. The molecular formula is C16H22F2O2. The van der Waals surface area contributed by atoms with E-state index in [0.29, 0.717) is 6.61 Å². The van der Waals surface area contributed by atoms with E-state index in [1.54, 1.807) is 0 Å². The molecule has 112 valence electrons. The van der Waals surface area contributed by atoms with Crippen LogP contribution in [0.2, 0.25) is 0 Å². The van der Waals surface area contributed by atoms with Gasteiger partial charge in [0.1, 0.15) is 17.7 Å². The zero-order valence-electron chi connectivity index (χ0n) is 11.8. The lowest BCUT2D eigenvalue weighted by molar-refractivity contribution is -0.0750. The first-order chi connectivity index (χ1) is 9.63. The average Bonchev–Trinajstić information content (AvgIpc) is 2.47. The van der Waals surface area contributed by atoms with Crippen molar-refractivity contribution in [2.75, 3.05) is 6.61 Å². The van der Waals surface area contributed by atoms with Gasteiger partial charge in [0.2, 0.25) is 0 Å². The highest BCUT2D eigenvalue weighted by Crippen LogP contribution is 2.35. The van der Waals surface area contributed by atoms with Crippen molar-refractivity contribution in [1.29, 1.82) is 0 Å². The van der Waals surface area contributed by atoms with Crippen LogP contribution in [-0.4, -0.2) is 17.8 Å². The first-order valence-electron chi connectivity index (χ1n) is 7.38. The maximum absolute atomic E-state index is 13.8. The summed E-state index contributed by atoms with van der Waals surface area (Å²) in [6.07, 6.45) is 3.77. The van der Waals surface area contributed by atoms with E-state index in [2.05, 4.69) is 0 Å². The van der Waals surface area contributed by atoms with E-state index < -0.39 is 23.8 Å². The van der Waals surface area contributed by atoms with Gasteiger partial charge in [0.05, 0.1) is 6.10 Å². The van der Waals surface area contributed by atoms with E-state index >= 15 is 0 Å². The Morgan fingerprint density at radius 2 is 1.95 bits per heavy atom. The number of hydrogen-bond acceptors (Lipinski definition) is 2. The van der Waals surface area contributed by atoms with Crippen LogP contribution >= 0.6 is 0 Å². The molecule has 0 heterocycles. The van der Waals surface area contributed by atoms with Crippen molar-refractivity contribution in [3.8, 4) is 0 Å². The lowest BCUT2D eigenvalue weighted by Gasteiger charge is -2.33. The van der Waals surface area contributed by atoms with Crippen LogP contribution in [0.25, 0.3) is 0 Å². The van der Waals surface area contributed by atoms with Gasteiger partial charge >= 0.3 is 0 Å². The third kappa shape index (κ3) is 3.55. The first kappa shape index (κ1) is 15.4. The van der Waals surface area contributed by atoms with Gasteiger partial charge in [-0.05, 0) is 43.9 Å². The molecule has 20 heavy (non-hydrogen) atoms. The molecule has 1 aliphatic rings. The van der Waals surface area contributed by atoms with E-state index in [1.807, 2.05) is 6.92 Å². The van der Waals surface area contributed by atoms with Crippen LogP contribution in [0.15, 0.2) is 18.2 Å². The number of benzene rings is 1. The zero-order valence-corrected chi connectivity index (χ0v) is 11.8. The molecule has 4 heteroatoms. The quantitative estimate of drug-likeness (QED) is 0.886. The van der Waals surface area contributed by atoms with E-state index in [4.69, 9.17) is 4.74 Å². The fourth-order valence-corrected chi connectivity index (χ4v) is 3.06. The molecule has 1 aliphatic carbocycles. The van der Waals surface area contributed by atoms with Crippen molar-refractivity contribution in [1.82, 2.24) is 0 Å². The van der Waals surface area contributed by atoms with Gasteiger partial charge in [-0.1, -0.05) is 19.3 Å². The Labute approximate surface area is 118 Å². The van der Waals surface area contributed by atoms with Crippen molar-refractivity contribution in [3.63, 3.8) is 0 Å². The normalized spacial score (nSPS) is 19.8. The summed E-state index contributed by atoms with van der Waals surface area (Å²) >= 11 is 0. The van der Waals surface area contributed by atoms with Crippen molar-refractivity contribution < 1.29 is 18.6 Å². The fraction of sp³-hybridized carbons (Fsp3) is 0.625. The van der Waals surface area contributed by atoms with Crippen molar-refractivity contribution in [2.45, 2.75) is 51.2 Å². The topological polar surface area (TPSA) is 29.5 Å². The average molecular weight is 284 g/mol. The predicted octanol–water partition coefficient (Wildman–Crippen LogP) is 3.98. The van der Waals surface area contributed by atoms with E-state index in [9.17, 15) is 13.9 Å². The summed E-state index contributed by atoms with van der Waals surface area (Å²) in [7, 11) is 0. The zero-order chi connectivity index (χ0) is 14.5. The molecule has 1 fully saturated rings. The number of halogens is 2. The number of aliphatic hydroxyl groups is 1. The van der Waals surface area contributed by atoms with Crippen LogP contribution in [-0.2, 0) is 4.74 Å². The van der Waals surface area contributed by atoms with E-state index in [1.165, 1.54) is 6.42 Å². The molecular weight excluding hydrogens is 262 g/mol. The van der Waals surface area contributed by atoms with Crippen LogP contribution in [0, 0.1) is 17.6 Å². The standard InChI is InChI=1S/C16H22F2O2/c1-2-20-16(11-6-4-3-5-7-11)15(19)13-10-12(17)8-9-14(13)18/h8-11,15-16,19H,2-7H2,1H3. The maximum atomic E-state index is 13.8. The monoisotopic (exact) mass is 284 g/mol. The van der Waals surface area contributed by atoms with Gasteiger partial charge in [-0.3, -0.25) is 0 Å². The Bertz CT molecular complexity index is 430. The van der Waals surface area contributed by atoms with Crippen molar-refractivity contribution >= 4 is 0 Å². The van der Waals surface area contributed by atoms with Gasteiger partial charge < -0.3 is 9.84 Å². The summed E-state index contributed by atoms with van der Waals surface area (Å²) in [4.78, 5) is 0. The Balaban J connectivity index is 2.20. The van der Waals surface area contributed by atoms with Gasteiger partial charge in [0.15, 0.2) is 0 Å². The second-order valence-corrected chi connectivity index (χ2v) is 5.43. The molecule has 0 aromatic heterocycles. The molecule has 0 saturated heterocycles. The molecule has 0 aliphatic heterocycles. The van der Waals surface area contributed by atoms with E-state index in [0.717, 1.165) is 43.9 Å². The predicted molar refractivity (Wildman–Crippen MR) is 73.3 cm³/mol. The molecule has 1 saturated carbocycles. The second kappa shape index (κ2) is 7.14. The summed E-state index contributed by atoms with van der Waals surface area (Å²) in [6.45, 7) is 2.31. The summed E-state index contributed by atoms with van der Waals surface area (Å²) in [5, 5.41) is 10.4. The fourth-order valence-electron chi connectivity index (χ4n) is 3.06. The second-order valence-electron chi connectivity index (χ2n) is 5.43. The molecule has 2 rings (SSSR count). The summed E-state index contributed by atoms with van der Waals surface area (Å²) in [6, 6.07) is 3.18. The molecule has 0 radical (unpaired) electrons. The van der Waals surface area contributed by atoms with Crippen LogP contribution in [0.5, 0.6) is 0 Å². The molecule has 0 bridgehead atoms. The van der Waals surface area contributed by atoms with Crippen LogP contribution < -0.4 is 0 Å². The minimum Gasteiger partial charge on any atom is -0.386 e. The third-order valence-corrected chi connectivity index (χ3v) is 4.06. The summed E-state index contributed by atoms with van der Waals surface area (Å²) in [5.41, 5.74) is -0.00553. The molecule has 1 aromatic carbocycles. The maximum Gasteiger partial charge on any atom is 0.129 e. The Morgan fingerprint density at radius 3 is 2.60 bits per heavy atom. The molecule has 2 nitrogen and oxygen atoms in total. The smallest absolute Gasteiger partial charge is 0.129 e. The van der Waals surface area contributed by atoms with Crippen molar-refractivity contribution in [2.24, 2.45) is 5.92 Å². The molecule has 2 unspecified atom stereocenters. The molecule has 0 amide bonds. The number of rotatable bonds is 5. The van der Waals surface area contributed by atoms with Gasteiger partial charge in [0, 0.05) is 12.2 Å². The third-order valence-electron chi connectivity index (χ3n) is 4.06. The number of aliphatic hydroxyl groups excluding tert-OH is 1. The first-order valence-corrected chi connectivity index (χ1v) is 7.38. The van der Waals surface area contributed by atoms with Crippen molar-refractivity contribution in [3.05, 3.63) is 35.4 Å². The van der Waals surface area contributed by atoms with Crippen LogP contribution in [0.4, 0.5) is 8.78 Å². The Morgan fingerprint density at radius 1 is 1.25 bits per heavy atom. The Hall–Kier alpha value is -1.00. The molecule has 0 spiro atoms. The van der Waals surface area contributed by atoms with Gasteiger partial charge in [0.25, 0.3) is 0 Å². The lowest BCUT2D eigenvalue weighted by Crippen LogP contribution is -2.32. The largest absolute Gasteiger partial charge is 0.386 e. The summed E-state index contributed by atoms with van der Waals surface area (Å²) in [5.74, 6) is -0.917. The SMILES string of the molecule is CCOC(C1CCCCC1)C(O)c1cc(F)ccc1F. The molecule has 2 atom stereocenters. The summed E-state index contributed by atoms with van der Waals surface area (Å²) < 4.78 is 32.7. The van der Waals surface area contributed by atoms with Crippen LogP contribution in [0.3, 0.4) is 0 Å². The molecule has 1 aromatic rings. The number of hydrogen-bond donors (Lipinski definition) is 1. The van der Waals surface area contributed by atoms with Gasteiger partial charge in [-0.2, -0.15) is 0 Å². The highest BCUT2D eigenvalue weighted by molar-refractivity contribution is 5.22. The highest BCUT2D eigenvalue weighted by atomic mass is 19.1. The van der Waals surface area contributed by atoms with E-state index in [-0.39, 0.29) is 11.5 Å². The Kier molecular flexibility index (Phi) is 5.49. The van der Waals surface area contributed by atoms with Crippen LogP contribution in [0.1, 0.15) is 50.7 Å². The minimum absolute atomic E-state index is 0.00553. The molecule has 1 N–H and O–H groups in total.